The number of halogens is 6. The Labute approximate surface area is 212 Å². The van der Waals surface area contributed by atoms with Crippen LogP contribution in [-0.4, -0.2) is 12.4 Å². The van der Waals surface area contributed by atoms with E-state index in [1.165, 1.54) is 76.4 Å². The molecule has 180 valence electrons. The van der Waals surface area contributed by atoms with Gasteiger partial charge in [-0.05, 0) is 0 Å². The van der Waals surface area contributed by atoms with Crippen LogP contribution in [-0.2, 0) is 26.2 Å². The van der Waals surface area contributed by atoms with Crippen molar-refractivity contribution in [3.05, 3.63) is 59.4 Å². The van der Waals surface area contributed by atoms with Gasteiger partial charge in [-0.2, -0.15) is 77.0 Å². The van der Waals surface area contributed by atoms with Crippen LogP contribution in [0.15, 0.2) is 35.5 Å². The van der Waals surface area contributed by atoms with Gasteiger partial charge in [-0.3, -0.25) is 12.2 Å². The van der Waals surface area contributed by atoms with Crippen molar-refractivity contribution >= 4 is 0 Å². The molecular weight excluding hydrogens is 517 g/mol. The Balaban J connectivity index is 0.000000155. The molecule has 0 heterocycles. The first-order valence-electron chi connectivity index (χ1n) is 11.5. The Kier molecular flexibility index (Phi) is 11.2. The van der Waals surface area contributed by atoms with Crippen molar-refractivity contribution in [2.75, 3.05) is 0 Å². The van der Waals surface area contributed by atoms with Crippen LogP contribution in [0.4, 0.5) is 26.3 Å². The van der Waals surface area contributed by atoms with E-state index in [-0.39, 0.29) is 39.0 Å². The summed E-state index contributed by atoms with van der Waals surface area (Å²) < 4.78 is 69.7. The molecule has 0 radical (unpaired) electrons. The van der Waals surface area contributed by atoms with Gasteiger partial charge >= 0.3 is 38.6 Å². The third-order valence-electron chi connectivity index (χ3n) is 6.78. The maximum Gasteiger partial charge on any atom is 4.00 e. The fourth-order valence-electron chi connectivity index (χ4n) is 5.00. The average Bonchev–Trinajstić information content (AvgIpc) is 3.60. The number of hydrogen-bond acceptors (Lipinski definition) is 0. The quantitative estimate of drug-likeness (QED) is 0.210. The van der Waals surface area contributed by atoms with Gasteiger partial charge in [-0.1, -0.05) is 37.5 Å². The Morgan fingerprint density at radius 2 is 0.970 bits per heavy atom. The van der Waals surface area contributed by atoms with E-state index in [9.17, 15) is 26.3 Å². The van der Waals surface area contributed by atoms with Gasteiger partial charge in [0.05, 0.1) is 0 Å². The second kappa shape index (κ2) is 12.9. The van der Waals surface area contributed by atoms with E-state index >= 15 is 0 Å². The van der Waals surface area contributed by atoms with Crippen LogP contribution in [0.5, 0.6) is 0 Å². The van der Waals surface area contributed by atoms with Gasteiger partial charge in [0.25, 0.3) is 0 Å². The molecule has 0 N–H and O–H groups in total. The van der Waals surface area contributed by atoms with Gasteiger partial charge < -0.3 is 11.8 Å². The molecule has 0 aliphatic heterocycles. The van der Waals surface area contributed by atoms with E-state index in [1.807, 2.05) is 11.8 Å². The molecule has 4 saturated carbocycles. The molecule has 4 fully saturated rings. The molecule has 7 heteroatoms. The molecule has 0 atom stereocenters. The molecule has 0 aromatic carbocycles. The maximum atomic E-state index is 11.6. The van der Waals surface area contributed by atoms with Crippen molar-refractivity contribution in [2.45, 2.75) is 89.4 Å². The first kappa shape index (κ1) is 28.7. The number of fused-ring (bicyclic) bond motifs is 4. The van der Waals surface area contributed by atoms with Crippen molar-refractivity contribution in [1.82, 2.24) is 0 Å². The number of hydrogen-bond donors (Lipinski definition) is 0. The monoisotopic (exact) mass is 546 g/mol. The number of alkyl halides is 6. The molecule has 6 aliphatic carbocycles. The van der Waals surface area contributed by atoms with Crippen LogP contribution < -0.4 is 0 Å². The van der Waals surface area contributed by atoms with Crippen molar-refractivity contribution in [3.63, 3.8) is 0 Å². The van der Waals surface area contributed by atoms with E-state index in [4.69, 9.17) is 0 Å². The van der Waals surface area contributed by atoms with Crippen LogP contribution >= 0.6 is 0 Å². The second-order valence-corrected chi connectivity index (χ2v) is 9.18. The summed E-state index contributed by atoms with van der Waals surface area (Å²) in [5.41, 5.74) is -1.30. The molecule has 4 bridgehead atoms. The van der Waals surface area contributed by atoms with E-state index in [0.717, 1.165) is 24.0 Å². The van der Waals surface area contributed by atoms with Gasteiger partial charge in [0.15, 0.2) is 0 Å². The summed E-state index contributed by atoms with van der Waals surface area (Å²) in [6.07, 6.45) is 16.5. The molecular formula is C26H30F6Zr. The van der Waals surface area contributed by atoms with Crippen molar-refractivity contribution in [2.24, 2.45) is 11.8 Å². The van der Waals surface area contributed by atoms with Crippen molar-refractivity contribution in [1.29, 1.82) is 0 Å². The molecule has 0 spiro atoms. The molecule has 0 aromatic heterocycles. The molecule has 0 amide bonds. The van der Waals surface area contributed by atoms with E-state index in [1.54, 1.807) is 0 Å². The van der Waals surface area contributed by atoms with Crippen LogP contribution in [0, 0.1) is 35.8 Å². The fraction of sp³-hybridized carbons (Fsp3) is 0.615. The molecule has 0 saturated heterocycles. The summed E-state index contributed by atoms with van der Waals surface area (Å²) in [6, 6.07) is 0. The maximum absolute atomic E-state index is 11.6. The Hall–Kier alpha value is -0.577. The number of rotatable bonds is 0. The van der Waals surface area contributed by atoms with Crippen LogP contribution in [0.25, 0.3) is 0 Å². The molecule has 0 aromatic rings. The summed E-state index contributed by atoms with van der Waals surface area (Å²) >= 11 is 0. The summed E-state index contributed by atoms with van der Waals surface area (Å²) in [4.78, 5) is 0. The minimum Gasteiger partial charge on any atom is -0.313 e. The number of allylic oxidation sites excluding steroid dienone is 8. The summed E-state index contributed by atoms with van der Waals surface area (Å²) in [5.74, 6) is 6.00. The summed E-state index contributed by atoms with van der Waals surface area (Å²) in [6.45, 7) is 0. The Bertz CT molecular complexity index is 630. The van der Waals surface area contributed by atoms with Gasteiger partial charge in [-0.25, -0.2) is 12.2 Å². The zero-order chi connectivity index (χ0) is 23.2. The Morgan fingerprint density at radius 3 is 1.06 bits per heavy atom. The summed E-state index contributed by atoms with van der Waals surface area (Å²) in [7, 11) is 0. The first-order valence-corrected chi connectivity index (χ1v) is 11.5. The van der Waals surface area contributed by atoms with Gasteiger partial charge in [0, 0.05) is 0 Å². The van der Waals surface area contributed by atoms with Crippen LogP contribution in [0.2, 0.25) is 0 Å². The predicted molar refractivity (Wildman–Crippen MR) is 113 cm³/mol. The molecule has 0 nitrogen and oxygen atoms in total. The molecule has 6 aliphatic rings. The third-order valence-corrected chi connectivity index (χ3v) is 6.78. The second-order valence-electron chi connectivity index (χ2n) is 9.18. The van der Waals surface area contributed by atoms with E-state index in [0.29, 0.717) is 0 Å². The van der Waals surface area contributed by atoms with Gasteiger partial charge in [0.1, 0.15) is 0 Å². The standard InChI is InChI=1S/2C7H11.2C6H4F3.Zr/c2*1-2-7-4-3-6(1)5-7;2*7-6(8,9)5-3-1-2-4-5;/h2*6H,1-5H2;2*1,3H,2H2;/q4*-1;+4. The predicted octanol–water partition coefficient (Wildman–Crippen LogP) is 8.78. The van der Waals surface area contributed by atoms with Gasteiger partial charge in [0.2, 0.25) is 0 Å². The van der Waals surface area contributed by atoms with Crippen LogP contribution in [0.1, 0.15) is 77.0 Å². The zero-order valence-corrected chi connectivity index (χ0v) is 21.2. The third kappa shape index (κ3) is 9.53. The smallest absolute Gasteiger partial charge is 0.313 e. The Morgan fingerprint density at radius 1 is 0.636 bits per heavy atom. The average molecular weight is 548 g/mol. The van der Waals surface area contributed by atoms with E-state index < -0.39 is 23.5 Å². The topological polar surface area (TPSA) is 0 Å². The normalized spacial score (nSPS) is 23.8. The molecule has 6 rings (SSSR count). The van der Waals surface area contributed by atoms with Crippen molar-refractivity contribution in [3.8, 4) is 0 Å². The van der Waals surface area contributed by atoms with Gasteiger partial charge in [-0.15, -0.1) is 24.0 Å². The largest absolute Gasteiger partial charge is 4.00 e. The van der Waals surface area contributed by atoms with Crippen LogP contribution in [0.3, 0.4) is 0 Å². The van der Waals surface area contributed by atoms with E-state index in [2.05, 4.69) is 12.2 Å². The minimum atomic E-state index is -4.20. The molecule has 33 heavy (non-hydrogen) atoms. The first-order chi connectivity index (χ1) is 15.1. The molecule has 0 unspecified atom stereocenters. The fourth-order valence-corrected chi connectivity index (χ4v) is 5.00. The minimum absolute atomic E-state index is 0. The zero-order valence-electron chi connectivity index (χ0n) is 18.7. The SMILES string of the molecule is C1CC2CC[C-]1C2.C1CC2CC[C-]1C2.FC(F)(F)C1=[C-]CC=C1.FC(F)(F)C1=[C-]CC=C1.[Zr+4]. The summed E-state index contributed by atoms with van der Waals surface area (Å²) in [5, 5.41) is 0. The van der Waals surface area contributed by atoms with Crippen molar-refractivity contribution < 1.29 is 52.5 Å².